The minimum atomic E-state index is 0.458. The van der Waals surface area contributed by atoms with Crippen molar-refractivity contribution >= 4 is 33.1 Å². The largest absolute Gasteiger partial charge is 0.381 e. The number of anilines is 2. The van der Waals surface area contributed by atoms with E-state index in [0.29, 0.717) is 6.04 Å². The zero-order chi connectivity index (χ0) is 14.8. The van der Waals surface area contributed by atoms with E-state index in [-0.39, 0.29) is 0 Å². The monoisotopic (exact) mass is 310 g/mol. The molecule has 1 fully saturated rings. The first-order valence-corrected chi connectivity index (χ1v) is 8.53. The van der Waals surface area contributed by atoms with E-state index in [1.54, 1.807) is 17.7 Å². The van der Waals surface area contributed by atoms with Crippen LogP contribution in [0.2, 0.25) is 0 Å². The van der Waals surface area contributed by atoms with Crippen molar-refractivity contribution in [1.82, 2.24) is 9.97 Å². The van der Waals surface area contributed by atoms with Crippen molar-refractivity contribution in [2.45, 2.75) is 18.9 Å². The lowest BCUT2D eigenvalue weighted by molar-refractivity contribution is 0.528. The van der Waals surface area contributed by atoms with E-state index in [1.807, 2.05) is 6.07 Å². The van der Waals surface area contributed by atoms with Crippen LogP contribution in [0.15, 0.2) is 48.1 Å². The molecule has 0 radical (unpaired) electrons. The van der Waals surface area contributed by atoms with E-state index < -0.39 is 0 Å². The Hall–Kier alpha value is -2.14. The summed E-state index contributed by atoms with van der Waals surface area (Å²) < 4.78 is 0. The quantitative estimate of drug-likeness (QED) is 0.799. The van der Waals surface area contributed by atoms with Crippen molar-refractivity contribution in [3.05, 3.63) is 48.1 Å². The Bertz CT molecular complexity index is 755. The predicted octanol–water partition coefficient (Wildman–Crippen LogP) is 3.77. The van der Waals surface area contributed by atoms with Crippen LogP contribution in [0.1, 0.15) is 12.8 Å². The zero-order valence-corrected chi connectivity index (χ0v) is 13.1. The molecule has 112 valence electrons. The number of nitrogens with one attached hydrogen (secondary N) is 1. The first kappa shape index (κ1) is 13.5. The van der Waals surface area contributed by atoms with Gasteiger partial charge < -0.3 is 10.2 Å². The number of nitrogens with zero attached hydrogens (tertiary/aromatic N) is 3. The van der Waals surface area contributed by atoms with Crippen molar-refractivity contribution in [1.29, 1.82) is 0 Å². The molecule has 4 rings (SSSR count). The molecular weight excluding hydrogens is 292 g/mol. The molecule has 1 aliphatic rings. The molecule has 22 heavy (non-hydrogen) atoms. The lowest BCUT2D eigenvalue weighted by Crippen LogP contribution is -2.42. The molecule has 5 heteroatoms. The molecule has 1 aliphatic heterocycles. The number of piperidine rings is 1. The SMILES string of the molecule is c1ccc(NC2CCCN(c3ncnc4sccc34)C2)cc1. The topological polar surface area (TPSA) is 41.0 Å². The second kappa shape index (κ2) is 5.93. The third kappa shape index (κ3) is 2.64. The molecular formula is C17H18N4S. The minimum absolute atomic E-state index is 0.458. The molecule has 1 unspecified atom stereocenters. The molecule has 1 saturated heterocycles. The molecule has 1 atom stereocenters. The van der Waals surface area contributed by atoms with E-state index in [4.69, 9.17) is 0 Å². The molecule has 0 spiro atoms. The summed E-state index contributed by atoms with van der Waals surface area (Å²) in [7, 11) is 0. The van der Waals surface area contributed by atoms with E-state index in [2.05, 4.69) is 55.9 Å². The summed E-state index contributed by atoms with van der Waals surface area (Å²) in [6.45, 7) is 2.05. The Kier molecular flexibility index (Phi) is 3.64. The van der Waals surface area contributed by atoms with Gasteiger partial charge in [-0.25, -0.2) is 9.97 Å². The van der Waals surface area contributed by atoms with Gasteiger partial charge in [-0.05, 0) is 36.4 Å². The maximum absolute atomic E-state index is 4.54. The maximum atomic E-state index is 4.54. The first-order chi connectivity index (χ1) is 10.9. The van der Waals surface area contributed by atoms with Gasteiger partial charge in [0, 0.05) is 24.8 Å². The highest BCUT2D eigenvalue weighted by Crippen LogP contribution is 2.29. The van der Waals surface area contributed by atoms with Gasteiger partial charge in [-0.1, -0.05) is 18.2 Å². The fourth-order valence-corrected chi connectivity index (χ4v) is 3.81. The highest BCUT2D eigenvalue weighted by Gasteiger charge is 2.22. The van der Waals surface area contributed by atoms with Crippen LogP contribution < -0.4 is 10.2 Å². The number of aromatic nitrogens is 2. The van der Waals surface area contributed by atoms with Crippen molar-refractivity contribution in [3.63, 3.8) is 0 Å². The average Bonchev–Trinajstić information content (AvgIpc) is 3.04. The third-order valence-electron chi connectivity index (χ3n) is 4.11. The van der Waals surface area contributed by atoms with E-state index in [9.17, 15) is 0 Å². The maximum Gasteiger partial charge on any atom is 0.140 e. The van der Waals surface area contributed by atoms with Gasteiger partial charge in [-0.3, -0.25) is 0 Å². The van der Waals surface area contributed by atoms with Gasteiger partial charge in [0.05, 0.1) is 5.39 Å². The van der Waals surface area contributed by atoms with Crippen molar-refractivity contribution in [2.24, 2.45) is 0 Å². The minimum Gasteiger partial charge on any atom is -0.381 e. The van der Waals surface area contributed by atoms with Crippen LogP contribution in [0.4, 0.5) is 11.5 Å². The highest BCUT2D eigenvalue weighted by atomic mass is 32.1. The molecule has 0 aliphatic carbocycles. The Labute approximate surface area is 133 Å². The molecule has 0 amide bonds. The first-order valence-electron chi connectivity index (χ1n) is 7.65. The summed E-state index contributed by atoms with van der Waals surface area (Å²) in [5.74, 6) is 1.07. The summed E-state index contributed by atoms with van der Waals surface area (Å²) in [6.07, 6.45) is 4.06. The summed E-state index contributed by atoms with van der Waals surface area (Å²) >= 11 is 1.68. The van der Waals surface area contributed by atoms with Gasteiger partial charge in [-0.15, -0.1) is 11.3 Å². The lowest BCUT2D eigenvalue weighted by Gasteiger charge is -2.34. The smallest absolute Gasteiger partial charge is 0.140 e. The second-order valence-electron chi connectivity index (χ2n) is 5.63. The van der Waals surface area contributed by atoms with Crippen LogP contribution in [-0.2, 0) is 0 Å². The molecule has 4 nitrogen and oxygen atoms in total. The summed E-state index contributed by atoms with van der Waals surface area (Å²) in [4.78, 5) is 12.3. The fraction of sp³-hybridized carbons (Fsp3) is 0.294. The summed E-state index contributed by atoms with van der Waals surface area (Å²) in [5.41, 5.74) is 1.19. The highest BCUT2D eigenvalue weighted by molar-refractivity contribution is 7.16. The van der Waals surface area contributed by atoms with Crippen LogP contribution in [-0.4, -0.2) is 29.1 Å². The molecule has 0 saturated carbocycles. The number of rotatable bonds is 3. The number of para-hydroxylation sites is 1. The van der Waals surface area contributed by atoms with Crippen LogP contribution in [0, 0.1) is 0 Å². The Morgan fingerprint density at radius 3 is 2.95 bits per heavy atom. The number of hydrogen-bond acceptors (Lipinski definition) is 5. The Balaban J connectivity index is 1.55. The van der Waals surface area contributed by atoms with Crippen molar-refractivity contribution in [2.75, 3.05) is 23.3 Å². The Morgan fingerprint density at radius 2 is 2.05 bits per heavy atom. The fourth-order valence-electron chi connectivity index (χ4n) is 3.09. The summed E-state index contributed by atoms with van der Waals surface area (Å²) in [6, 6.07) is 13.0. The lowest BCUT2D eigenvalue weighted by atomic mass is 10.0. The van der Waals surface area contributed by atoms with Crippen LogP contribution in [0.3, 0.4) is 0 Å². The molecule has 0 bridgehead atoms. The molecule has 2 aromatic heterocycles. The summed E-state index contributed by atoms with van der Waals surface area (Å²) in [5, 5.41) is 6.90. The Morgan fingerprint density at radius 1 is 1.14 bits per heavy atom. The molecule has 3 aromatic rings. The van der Waals surface area contributed by atoms with E-state index in [0.717, 1.165) is 23.7 Å². The normalized spacial score (nSPS) is 18.5. The van der Waals surface area contributed by atoms with Gasteiger partial charge in [-0.2, -0.15) is 0 Å². The van der Waals surface area contributed by atoms with Gasteiger partial charge >= 0.3 is 0 Å². The van der Waals surface area contributed by atoms with Gasteiger partial charge in [0.1, 0.15) is 17.0 Å². The molecule has 1 aromatic carbocycles. The second-order valence-corrected chi connectivity index (χ2v) is 6.53. The van der Waals surface area contributed by atoms with Gasteiger partial charge in [0.25, 0.3) is 0 Å². The molecule has 3 heterocycles. The number of fused-ring (bicyclic) bond motifs is 1. The number of thiophene rings is 1. The van der Waals surface area contributed by atoms with Gasteiger partial charge in [0.15, 0.2) is 0 Å². The van der Waals surface area contributed by atoms with E-state index in [1.165, 1.54) is 23.9 Å². The van der Waals surface area contributed by atoms with Crippen molar-refractivity contribution < 1.29 is 0 Å². The van der Waals surface area contributed by atoms with E-state index >= 15 is 0 Å². The van der Waals surface area contributed by atoms with Crippen LogP contribution >= 0.6 is 11.3 Å². The average molecular weight is 310 g/mol. The third-order valence-corrected chi connectivity index (χ3v) is 4.93. The van der Waals surface area contributed by atoms with Crippen molar-refractivity contribution in [3.8, 4) is 0 Å². The molecule has 1 N–H and O–H groups in total. The van der Waals surface area contributed by atoms with Crippen LogP contribution in [0.25, 0.3) is 10.2 Å². The van der Waals surface area contributed by atoms with Crippen LogP contribution in [0.5, 0.6) is 0 Å². The number of hydrogen-bond donors (Lipinski definition) is 1. The standard InChI is InChI=1S/C17H18N4S/c1-2-5-13(6-3-1)20-14-7-4-9-21(11-14)16-15-8-10-22-17(15)19-12-18-16/h1-3,5-6,8,10,12,14,20H,4,7,9,11H2. The zero-order valence-electron chi connectivity index (χ0n) is 12.3. The predicted molar refractivity (Wildman–Crippen MR) is 92.7 cm³/mol. The number of benzene rings is 1. The van der Waals surface area contributed by atoms with Gasteiger partial charge in [0.2, 0.25) is 0 Å².